The minimum atomic E-state index is 0.577. The maximum absolute atomic E-state index is 4.81. The third-order valence-corrected chi connectivity index (χ3v) is 4.22. The summed E-state index contributed by atoms with van der Waals surface area (Å²) in [6, 6.07) is 0. The van der Waals surface area contributed by atoms with Crippen LogP contribution >= 0.6 is 0 Å². The van der Waals surface area contributed by atoms with E-state index >= 15 is 0 Å². The van der Waals surface area contributed by atoms with Crippen LogP contribution in [0, 0.1) is 5.92 Å². The molecule has 2 heterocycles. The van der Waals surface area contributed by atoms with Crippen LogP contribution in [0.1, 0.15) is 51.5 Å². The Balaban J connectivity index is 1.90. The normalized spacial score (nSPS) is 19.2. The molecule has 1 aromatic heterocycles. The number of hydrogen-bond donors (Lipinski definition) is 1. The van der Waals surface area contributed by atoms with Crippen molar-refractivity contribution in [3.8, 4) is 0 Å². The number of aliphatic imine (C=N–C) groups is 1. The lowest BCUT2D eigenvalue weighted by atomic mass is 10.0. The van der Waals surface area contributed by atoms with Crippen LogP contribution in [0.5, 0.6) is 0 Å². The minimum absolute atomic E-state index is 0.577. The second kappa shape index (κ2) is 8.20. The number of aryl methyl sites for hydroxylation is 1. The van der Waals surface area contributed by atoms with Gasteiger partial charge in [0, 0.05) is 45.3 Å². The van der Waals surface area contributed by atoms with Gasteiger partial charge >= 0.3 is 0 Å². The Labute approximate surface area is 134 Å². The molecule has 1 aliphatic rings. The Morgan fingerprint density at radius 2 is 2.32 bits per heavy atom. The highest BCUT2D eigenvalue weighted by Gasteiger charge is 2.26. The molecule has 1 aromatic rings. The fourth-order valence-corrected chi connectivity index (χ4v) is 2.99. The van der Waals surface area contributed by atoms with Gasteiger partial charge in [-0.1, -0.05) is 13.8 Å². The molecule has 1 saturated heterocycles. The molecule has 1 fully saturated rings. The van der Waals surface area contributed by atoms with Crippen LogP contribution in [0.25, 0.3) is 0 Å². The van der Waals surface area contributed by atoms with Crippen molar-refractivity contribution >= 4 is 5.96 Å². The van der Waals surface area contributed by atoms with Crippen molar-refractivity contribution in [3.63, 3.8) is 0 Å². The van der Waals surface area contributed by atoms with E-state index in [1.165, 1.54) is 24.8 Å². The number of rotatable bonds is 6. The molecule has 1 aliphatic heterocycles. The van der Waals surface area contributed by atoms with E-state index in [-0.39, 0.29) is 0 Å². The Hall–Kier alpha value is -1.52. The number of aromatic nitrogens is 2. The molecule has 124 valence electrons. The molecular weight excluding hydrogens is 274 g/mol. The van der Waals surface area contributed by atoms with Crippen LogP contribution in [0.15, 0.2) is 17.4 Å². The maximum Gasteiger partial charge on any atom is 0.193 e. The zero-order valence-corrected chi connectivity index (χ0v) is 14.5. The highest BCUT2D eigenvalue weighted by molar-refractivity contribution is 5.80. The van der Waals surface area contributed by atoms with Crippen LogP contribution < -0.4 is 5.32 Å². The molecule has 0 radical (unpaired) electrons. The van der Waals surface area contributed by atoms with E-state index in [1.807, 2.05) is 17.9 Å². The first-order valence-electron chi connectivity index (χ1n) is 8.62. The molecule has 0 saturated carbocycles. The third-order valence-electron chi connectivity index (χ3n) is 4.22. The van der Waals surface area contributed by atoms with Gasteiger partial charge in [-0.15, -0.1) is 0 Å². The fourth-order valence-electron chi connectivity index (χ4n) is 2.99. The number of guanidine groups is 1. The maximum atomic E-state index is 4.81. The van der Waals surface area contributed by atoms with Crippen molar-refractivity contribution in [2.75, 3.05) is 26.2 Å². The summed E-state index contributed by atoms with van der Waals surface area (Å²) in [4.78, 5) is 7.21. The minimum Gasteiger partial charge on any atom is -0.357 e. The summed E-state index contributed by atoms with van der Waals surface area (Å²) in [6.45, 7) is 10.7. The van der Waals surface area contributed by atoms with Crippen molar-refractivity contribution in [2.45, 2.75) is 46.0 Å². The van der Waals surface area contributed by atoms with Crippen LogP contribution in [0.3, 0.4) is 0 Å². The quantitative estimate of drug-likeness (QED) is 0.499. The van der Waals surface area contributed by atoms with Gasteiger partial charge in [-0.05, 0) is 37.7 Å². The van der Waals surface area contributed by atoms with Gasteiger partial charge < -0.3 is 10.2 Å². The average Bonchev–Trinajstić information content (AvgIpc) is 3.10. The molecule has 0 bridgehead atoms. The topological polar surface area (TPSA) is 45.5 Å². The van der Waals surface area contributed by atoms with Crippen molar-refractivity contribution in [1.29, 1.82) is 0 Å². The summed E-state index contributed by atoms with van der Waals surface area (Å²) in [5, 5.41) is 7.74. The second-order valence-electron chi connectivity index (χ2n) is 6.65. The fraction of sp³-hybridized carbons (Fsp3) is 0.765. The van der Waals surface area contributed by atoms with Gasteiger partial charge in [0.1, 0.15) is 0 Å². The molecule has 0 spiro atoms. The first-order chi connectivity index (χ1) is 10.6. The van der Waals surface area contributed by atoms with Crippen LogP contribution in [0.2, 0.25) is 0 Å². The summed E-state index contributed by atoms with van der Waals surface area (Å²) in [5.74, 6) is 2.42. The van der Waals surface area contributed by atoms with E-state index in [1.54, 1.807) is 0 Å². The van der Waals surface area contributed by atoms with Gasteiger partial charge in [0.15, 0.2) is 5.96 Å². The lowest BCUT2D eigenvalue weighted by molar-refractivity contribution is 0.483. The standard InChI is InChI=1S/C17H31N5/c1-5-18-17(19-9-6-7-14(2)3)22-10-8-15(13-22)16-11-20-21(4)12-16/h11-12,14-15H,5-10,13H2,1-4H3,(H,18,19). The molecular formula is C17H31N5. The van der Waals surface area contributed by atoms with Crippen molar-refractivity contribution < 1.29 is 0 Å². The Kier molecular flexibility index (Phi) is 6.28. The second-order valence-corrected chi connectivity index (χ2v) is 6.65. The molecule has 2 rings (SSSR count). The first kappa shape index (κ1) is 16.8. The van der Waals surface area contributed by atoms with Gasteiger partial charge in [-0.3, -0.25) is 9.67 Å². The molecule has 5 nitrogen and oxygen atoms in total. The van der Waals surface area contributed by atoms with Crippen molar-refractivity contribution in [1.82, 2.24) is 20.0 Å². The van der Waals surface area contributed by atoms with E-state index in [2.05, 4.69) is 42.3 Å². The molecule has 22 heavy (non-hydrogen) atoms. The molecule has 1 unspecified atom stereocenters. The zero-order valence-electron chi connectivity index (χ0n) is 14.5. The predicted molar refractivity (Wildman–Crippen MR) is 92.2 cm³/mol. The SMILES string of the molecule is CCNC(=NCCCC(C)C)N1CCC(c2cnn(C)c2)C1. The number of likely N-dealkylation sites (tertiary alicyclic amines) is 1. The number of nitrogens with one attached hydrogen (secondary N) is 1. The van der Waals surface area contributed by atoms with E-state index in [4.69, 9.17) is 4.99 Å². The molecule has 0 aliphatic carbocycles. The van der Waals surface area contributed by atoms with Gasteiger partial charge in [0.2, 0.25) is 0 Å². The zero-order chi connectivity index (χ0) is 15.9. The van der Waals surface area contributed by atoms with Gasteiger partial charge in [-0.2, -0.15) is 5.10 Å². The van der Waals surface area contributed by atoms with Gasteiger partial charge in [0.05, 0.1) is 6.20 Å². The van der Waals surface area contributed by atoms with Crippen LogP contribution in [-0.2, 0) is 7.05 Å². The van der Waals surface area contributed by atoms with Crippen molar-refractivity contribution in [2.24, 2.45) is 18.0 Å². The molecule has 5 heteroatoms. The highest BCUT2D eigenvalue weighted by Crippen LogP contribution is 2.26. The Morgan fingerprint density at radius 3 is 2.95 bits per heavy atom. The highest BCUT2D eigenvalue weighted by atomic mass is 15.3. The van der Waals surface area contributed by atoms with E-state index in [0.717, 1.165) is 38.1 Å². The number of hydrogen-bond acceptors (Lipinski definition) is 2. The molecule has 1 atom stereocenters. The van der Waals surface area contributed by atoms with Crippen molar-refractivity contribution in [3.05, 3.63) is 18.0 Å². The van der Waals surface area contributed by atoms with Crippen LogP contribution in [0.4, 0.5) is 0 Å². The Bertz CT molecular complexity index is 477. The lowest BCUT2D eigenvalue weighted by Gasteiger charge is -2.21. The van der Waals surface area contributed by atoms with Crippen LogP contribution in [-0.4, -0.2) is 46.8 Å². The third kappa shape index (κ3) is 4.75. The summed E-state index contributed by atoms with van der Waals surface area (Å²) in [6.07, 6.45) is 7.75. The largest absolute Gasteiger partial charge is 0.357 e. The molecule has 0 amide bonds. The summed E-state index contributed by atoms with van der Waals surface area (Å²) in [5.41, 5.74) is 1.35. The monoisotopic (exact) mass is 305 g/mol. The molecule has 0 aromatic carbocycles. The summed E-state index contributed by atoms with van der Waals surface area (Å²) in [7, 11) is 1.98. The number of nitrogens with zero attached hydrogens (tertiary/aromatic N) is 4. The Morgan fingerprint density at radius 1 is 1.50 bits per heavy atom. The van der Waals surface area contributed by atoms with Gasteiger partial charge in [0.25, 0.3) is 0 Å². The van der Waals surface area contributed by atoms with E-state index < -0.39 is 0 Å². The van der Waals surface area contributed by atoms with Gasteiger partial charge in [-0.25, -0.2) is 0 Å². The summed E-state index contributed by atoms with van der Waals surface area (Å²) >= 11 is 0. The predicted octanol–water partition coefficient (Wildman–Crippen LogP) is 2.61. The summed E-state index contributed by atoms with van der Waals surface area (Å²) < 4.78 is 1.89. The average molecular weight is 305 g/mol. The van der Waals surface area contributed by atoms with E-state index in [0.29, 0.717) is 5.92 Å². The first-order valence-corrected chi connectivity index (χ1v) is 8.62. The molecule has 1 N–H and O–H groups in total. The van der Waals surface area contributed by atoms with E-state index in [9.17, 15) is 0 Å². The lowest BCUT2D eigenvalue weighted by Crippen LogP contribution is -2.40. The smallest absolute Gasteiger partial charge is 0.193 e.